The number of aromatic nitrogens is 2. The maximum absolute atomic E-state index is 11.7. The molecule has 0 spiro atoms. The van der Waals surface area contributed by atoms with Gasteiger partial charge >= 0.3 is 0 Å². The van der Waals surface area contributed by atoms with Gasteiger partial charge in [-0.3, -0.25) is 9.48 Å². The van der Waals surface area contributed by atoms with E-state index in [1.165, 1.54) is 0 Å². The lowest BCUT2D eigenvalue weighted by Crippen LogP contribution is -2.24. The topological polar surface area (TPSA) is 46.9 Å². The number of amides is 1. The lowest BCUT2D eigenvalue weighted by molar-refractivity contribution is -0.121. The molecule has 110 valence electrons. The Morgan fingerprint density at radius 1 is 1.00 bits per heavy atom. The molecule has 2 aromatic carbocycles. The van der Waals surface area contributed by atoms with Gasteiger partial charge in [-0.05, 0) is 11.6 Å². The molecule has 1 heterocycles. The first-order chi connectivity index (χ1) is 10.8. The minimum Gasteiger partial charge on any atom is -0.358 e. The van der Waals surface area contributed by atoms with Crippen molar-refractivity contribution in [3.05, 3.63) is 66.7 Å². The molecule has 0 aliphatic heterocycles. The molecule has 1 aromatic heterocycles. The van der Waals surface area contributed by atoms with Gasteiger partial charge in [0.25, 0.3) is 0 Å². The van der Waals surface area contributed by atoms with Crippen LogP contribution in [-0.4, -0.2) is 22.7 Å². The van der Waals surface area contributed by atoms with Crippen LogP contribution in [0.5, 0.6) is 0 Å². The van der Waals surface area contributed by atoms with E-state index in [0.29, 0.717) is 0 Å². The van der Waals surface area contributed by atoms with E-state index < -0.39 is 0 Å². The molecule has 1 N–H and O–H groups in total. The van der Waals surface area contributed by atoms with Gasteiger partial charge in [0.15, 0.2) is 0 Å². The third kappa shape index (κ3) is 2.91. The summed E-state index contributed by atoms with van der Waals surface area (Å²) in [5.41, 5.74) is 3.88. The predicted octanol–water partition coefficient (Wildman–Crippen LogP) is 2.96. The smallest absolute Gasteiger partial charge is 0.241 e. The monoisotopic (exact) mass is 291 g/mol. The first kappa shape index (κ1) is 14.1. The number of likely N-dealkylation sites (N-methyl/N-ethyl adjacent to an activating group) is 1. The van der Waals surface area contributed by atoms with Crippen LogP contribution in [0.3, 0.4) is 0 Å². The van der Waals surface area contributed by atoms with Crippen molar-refractivity contribution in [1.82, 2.24) is 15.1 Å². The number of hydrogen-bond donors (Lipinski definition) is 1. The molecule has 22 heavy (non-hydrogen) atoms. The van der Waals surface area contributed by atoms with Crippen molar-refractivity contribution in [1.29, 1.82) is 0 Å². The molecular formula is C18H17N3O. The van der Waals surface area contributed by atoms with Crippen LogP contribution in [0, 0.1) is 0 Å². The van der Waals surface area contributed by atoms with Crippen LogP contribution in [0.1, 0.15) is 0 Å². The van der Waals surface area contributed by atoms with E-state index in [4.69, 9.17) is 0 Å². The summed E-state index contributed by atoms with van der Waals surface area (Å²) in [5.74, 6) is -0.0695. The SMILES string of the molecule is CNC(=O)Cn1nc(-c2ccccc2)cc1-c1ccccc1. The third-order valence-corrected chi connectivity index (χ3v) is 3.49. The minimum atomic E-state index is -0.0695. The first-order valence-corrected chi connectivity index (χ1v) is 7.17. The highest BCUT2D eigenvalue weighted by Gasteiger charge is 2.13. The van der Waals surface area contributed by atoms with Crippen molar-refractivity contribution < 1.29 is 4.79 Å². The molecule has 1 amide bonds. The fourth-order valence-electron chi connectivity index (χ4n) is 2.34. The molecule has 0 aliphatic rings. The summed E-state index contributed by atoms with van der Waals surface area (Å²) >= 11 is 0. The minimum absolute atomic E-state index is 0.0695. The van der Waals surface area contributed by atoms with Gasteiger partial charge < -0.3 is 5.32 Å². The average Bonchev–Trinajstić information content (AvgIpc) is 3.00. The number of benzene rings is 2. The van der Waals surface area contributed by atoms with E-state index in [1.807, 2.05) is 66.7 Å². The second-order valence-electron chi connectivity index (χ2n) is 4.98. The lowest BCUT2D eigenvalue weighted by atomic mass is 10.1. The van der Waals surface area contributed by atoms with Gasteiger partial charge in [-0.2, -0.15) is 5.10 Å². The van der Waals surface area contributed by atoms with Crippen LogP contribution in [0.2, 0.25) is 0 Å². The molecule has 0 radical (unpaired) electrons. The van der Waals surface area contributed by atoms with Crippen molar-refractivity contribution in [2.45, 2.75) is 6.54 Å². The molecule has 4 heteroatoms. The van der Waals surface area contributed by atoms with Crippen LogP contribution >= 0.6 is 0 Å². The Balaban J connectivity index is 2.07. The van der Waals surface area contributed by atoms with Crippen molar-refractivity contribution >= 4 is 5.91 Å². The highest BCUT2D eigenvalue weighted by Crippen LogP contribution is 2.25. The van der Waals surface area contributed by atoms with Gasteiger partial charge in [0.05, 0.1) is 11.4 Å². The summed E-state index contributed by atoms with van der Waals surface area (Å²) in [5, 5.41) is 7.24. The number of nitrogens with one attached hydrogen (secondary N) is 1. The quantitative estimate of drug-likeness (QED) is 0.803. The van der Waals surface area contributed by atoms with Gasteiger partial charge in [-0.1, -0.05) is 60.7 Å². The van der Waals surface area contributed by atoms with Crippen LogP contribution in [0.4, 0.5) is 0 Å². The van der Waals surface area contributed by atoms with Gasteiger partial charge in [0.1, 0.15) is 6.54 Å². The summed E-state index contributed by atoms with van der Waals surface area (Å²) in [4.78, 5) is 11.7. The molecule has 3 rings (SSSR count). The van der Waals surface area contributed by atoms with Gasteiger partial charge in [-0.15, -0.1) is 0 Å². The highest BCUT2D eigenvalue weighted by atomic mass is 16.1. The molecule has 0 atom stereocenters. The highest BCUT2D eigenvalue weighted by molar-refractivity contribution is 5.77. The van der Waals surface area contributed by atoms with E-state index in [-0.39, 0.29) is 12.5 Å². The molecule has 0 saturated carbocycles. The molecule has 0 unspecified atom stereocenters. The van der Waals surface area contributed by atoms with Crippen LogP contribution in [-0.2, 0) is 11.3 Å². The Labute approximate surface area is 129 Å². The molecule has 0 fully saturated rings. The summed E-state index contributed by atoms with van der Waals surface area (Å²) in [6.45, 7) is 0.202. The second kappa shape index (κ2) is 6.26. The maximum Gasteiger partial charge on any atom is 0.241 e. The Morgan fingerprint density at radius 3 is 2.18 bits per heavy atom. The average molecular weight is 291 g/mol. The van der Waals surface area contributed by atoms with Crippen molar-refractivity contribution in [3.8, 4) is 22.5 Å². The Hall–Kier alpha value is -2.88. The van der Waals surface area contributed by atoms with E-state index in [1.54, 1.807) is 11.7 Å². The Bertz CT molecular complexity index is 764. The summed E-state index contributed by atoms with van der Waals surface area (Å²) < 4.78 is 1.75. The zero-order valence-electron chi connectivity index (χ0n) is 12.4. The zero-order valence-corrected chi connectivity index (χ0v) is 12.4. The molecule has 0 bridgehead atoms. The van der Waals surface area contributed by atoms with Crippen LogP contribution in [0.15, 0.2) is 66.7 Å². The molecule has 3 aromatic rings. The summed E-state index contributed by atoms with van der Waals surface area (Å²) in [6, 6.07) is 22.0. The number of hydrogen-bond acceptors (Lipinski definition) is 2. The normalized spacial score (nSPS) is 10.4. The molecule has 0 saturated heterocycles. The van der Waals surface area contributed by atoms with Crippen LogP contribution in [0.25, 0.3) is 22.5 Å². The second-order valence-corrected chi connectivity index (χ2v) is 4.98. The van der Waals surface area contributed by atoms with Gasteiger partial charge in [0, 0.05) is 12.6 Å². The molecule has 4 nitrogen and oxygen atoms in total. The van der Waals surface area contributed by atoms with Crippen LogP contribution < -0.4 is 5.32 Å². The van der Waals surface area contributed by atoms with Crippen molar-refractivity contribution in [2.24, 2.45) is 0 Å². The van der Waals surface area contributed by atoms with Crippen molar-refractivity contribution in [2.75, 3.05) is 7.05 Å². The fraction of sp³-hybridized carbons (Fsp3) is 0.111. The lowest BCUT2D eigenvalue weighted by Gasteiger charge is -2.06. The van der Waals surface area contributed by atoms with E-state index in [2.05, 4.69) is 10.4 Å². The van der Waals surface area contributed by atoms with Crippen molar-refractivity contribution in [3.63, 3.8) is 0 Å². The number of rotatable bonds is 4. The molecular weight excluding hydrogens is 274 g/mol. The van der Waals surface area contributed by atoms with E-state index in [0.717, 1.165) is 22.5 Å². The van der Waals surface area contributed by atoms with Gasteiger partial charge in [-0.25, -0.2) is 0 Å². The Kier molecular flexibility index (Phi) is 4.01. The summed E-state index contributed by atoms with van der Waals surface area (Å²) in [6.07, 6.45) is 0. The number of carbonyl (C=O) groups is 1. The predicted molar refractivity (Wildman–Crippen MR) is 87.2 cm³/mol. The zero-order chi connectivity index (χ0) is 15.4. The van der Waals surface area contributed by atoms with Gasteiger partial charge in [0.2, 0.25) is 5.91 Å². The standard InChI is InChI=1S/C18H17N3O/c1-19-18(22)13-21-17(15-10-6-3-7-11-15)12-16(20-21)14-8-4-2-5-9-14/h2-12H,13H2,1H3,(H,19,22). The fourth-order valence-corrected chi connectivity index (χ4v) is 2.34. The largest absolute Gasteiger partial charge is 0.358 e. The number of carbonyl (C=O) groups excluding carboxylic acids is 1. The van der Waals surface area contributed by atoms with E-state index in [9.17, 15) is 4.79 Å². The summed E-state index contributed by atoms with van der Waals surface area (Å²) in [7, 11) is 1.63. The Morgan fingerprint density at radius 2 is 1.59 bits per heavy atom. The third-order valence-electron chi connectivity index (χ3n) is 3.49. The number of nitrogens with zero attached hydrogens (tertiary/aromatic N) is 2. The van der Waals surface area contributed by atoms with E-state index >= 15 is 0 Å². The molecule has 0 aliphatic carbocycles. The first-order valence-electron chi connectivity index (χ1n) is 7.17. The maximum atomic E-state index is 11.7.